The maximum Gasteiger partial charge on any atom is 0.133 e. The van der Waals surface area contributed by atoms with E-state index in [4.69, 9.17) is 17.3 Å². The molecule has 26 heavy (non-hydrogen) atoms. The number of anilines is 1. The molecule has 2 N–H and O–H groups in total. The van der Waals surface area contributed by atoms with Crippen molar-refractivity contribution in [2.24, 2.45) is 0 Å². The molecule has 6 heteroatoms. The summed E-state index contributed by atoms with van der Waals surface area (Å²) in [5.74, 6) is 0.0537. The van der Waals surface area contributed by atoms with Crippen LogP contribution < -0.4 is 5.73 Å². The van der Waals surface area contributed by atoms with Crippen LogP contribution in [0.3, 0.4) is 0 Å². The third-order valence-electron chi connectivity index (χ3n) is 4.12. The molecular weight excluding hydrogens is 351 g/mol. The number of rotatable bonds is 2. The van der Waals surface area contributed by atoms with Gasteiger partial charge in [-0.15, -0.1) is 0 Å². The first kappa shape index (κ1) is 16.4. The molecule has 0 fully saturated rings. The summed E-state index contributed by atoms with van der Waals surface area (Å²) in [7, 11) is 0. The fourth-order valence-corrected chi connectivity index (χ4v) is 3.27. The predicted molar refractivity (Wildman–Crippen MR) is 102 cm³/mol. The molecule has 0 amide bonds. The number of nitrogens with zero attached hydrogens (tertiary/aromatic N) is 3. The van der Waals surface area contributed by atoms with Gasteiger partial charge in [-0.25, -0.2) is 14.4 Å². The zero-order valence-electron chi connectivity index (χ0n) is 13.9. The third kappa shape index (κ3) is 2.86. The molecule has 4 rings (SSSR count). The van der Waals surface area contributed by atoms with E-state index in [2.05, 4.69) is 15.0 Å². The van der Waals surface area contributed by atoms with Gasteiger partial charge in [0.25, 0.3) is 0 Å². The average Bonchev–Trinajstić information content (AvgIpc) is 2.61. The summed E-state index contributed by atoms with van der Waals surface area (Å²) in [5.41, 5.74) is 10.6. The molecule has 0 aliphatic carbocycles. The fraction of sp³-hybridized carbons (Fsp3) is 0.0500. The van der Waals surface area contributed by atoms with E-state index < -0.39 is 0 Å². The lowest BCUT2D eigenvalue weighted by atomic mass is 9.96. The first-order valence-electron chi connectivity index (χ1n) is 7.97. The van der Waals surface area contributed by atoms with E-state index >= 15 is 0 Å². The minimum Gasteiger partial charge on any atom is -0.383 e. The van der Waals surface area contributed by atoms with Gasteiger partial charge in [0.2, 0.25) is 0 Å². The minimum absolute atomic E-state index is 0.315. The number of nitrogen functional groups attached to an aromatic ring is 1. The number of hydrogen-bond acceptors (Lipinski definition) is 4. The monoisotopic (exact) mass is 364 g/mol. The molecule has 3 aromatic heterocycles. The van der Waals surface area contributed by atoms with Crippen molar-refractivity contribution in [2.75, 3.05) is 5.73 Å². The largest absolute Gasteiger partial charge is 0.383 e. The Morgan fingerprint density at radius 2 is 1.77 bits per heavy atom. The Balaban J connectivity index is 2.12. The van der Waals surface area contributed by atoms with Gasteiger partial charge in [0, 0.05) is 28.4 Å². The third-order valence-corrected chi connectivity index (χ3v) is 4.31. The van der Waals surface area contributed by atoms with Crippen LogP contribution in [0.25, 0.3) is 33.3 Å². The second kappa shape index (κ2) is 6.35. The Bertz CT molecular complexity index is 1110. The zero-order valence-corrected chi connectivity index (χ0v) is 14.6. The lowest BCUT2D eigenvalue weighted by Crippen LogP contribution is -2.00. The summed E-state index contributed by atoms with van der Waals surface area (Å²) in [6, 6.07) is 13.5. The van der Waals surface area contributed by atoms with Gasteiger partial charge in [0.05, 0.1) is 11.2 Å². The summed E-state index contributed by atoms with van der Waals surface area (Å²) in [5, 5.41) is 1.13. The van der Waals surface area contributed by atoms with Gasteiger partial charge in [-0.05, 0) is 61.0 Å². The summed E-state index contributed by atoms with van der Waals surface area (Å²) in [4.78, 5) is 13.3. The molecule has 0 spiro atoms. The number of halogens is 2. The van der Waals surface area contributed by atoms with Crippen LogP contribution in [-0.2, 0) is 0 Å². The highest BCUT2D eigenvalue weighted by molar-refractivity contribution is 6.29. The van der Waals surface area contributed by atoms with Crippen LogP contribution in [0.4, 0.5) is 10.2 Å². The first-order valence-corrected chi connectivity index (χ1v) is 8.35. The summed E-state index contributed by atoms with van der Waals surface area (Å²) < 4.78 is 13.4. The van der Waals surface area contributed by atoms with Crippen molar-refractivity contribution in [1.29, 1.82) is 0 Å². The number of aryl methyl sites for hydroxylation is 1. The van der Waals surface area contributed by atoms with Crippen molar-refractivity contribution >= 4 is 28.3 Å². The Hall–Kier alpha value is -3.05. The fourth-order valence-electron chi connectivity index (χ4n) is 3.02. The highest BCUT2D eigenvalue weighted by Crippen LogP contribution is 2.38. The van der Waals surface area contributed by atoms with Gasteiger partial charge in [0.1, 0.15) is 16.8 Å². The van der Waals surface area contributed by atoms with Crippen LogP contribution in [0.15, 0.2) is 54.7 Å². The molecule has 3 heterocycles. The molecule has 0 bridgehead atoms. The molecule has 0 atom stereocenters. The van der Waals surface area contributed by atoms with Gasteiger partial charge in [-0.2, -0.15) is 0 Å². The molecular formula is C20H14ClFN4. The number of aromatic nitrogens is 3. The number of nitrogens with two attached hydrogens (primary N) is 1. The van der Waals surface area contributed by atoms with Crippen molar-refractivity contribution in [3.8, 4) is 22.4 Å². The van der Waals surface area contributed by atoms with Crippen LogP contribution in [0.2, 0.25) is 5.15 Å². The number of benzene rings is 1. The molecule has 0 saturated carbocycles. The van der Waals surface area contributed by atoms with Crippen LogP contribution in [0, 0.1) is 12.7 Å². The summed E-state index contributed by atoms with van der Waals surface area (Å²) in [6.07, 6.45) is 1.70. The van der Waals surface area contributed by atoms with Crippen molar-refractivity contribution in [3.63, 3.8) is 0 Å². The van der Waals surface area contributed by atoms with Crippen molar-refractivity contribution in [1.82, 2.24) is 15.0 Å². The van der Waals surface area contributed by atoms with Crippen molar-refractivity contribution < 1.29 is 4.39 Å². The lowest BCUT2D eigenvalue weighted by Gasteiger charge is -2.14. The quantitative estimate of drug-likeness (QED) is 0.506. The summed E-state index contributed by atoms with van der Waals surface area (Å²) >= 11 is 6.18. The number of hydrogen-bond donors (Lipinski definition) is 1. The standard InChI is InChI=1S/C20H14ClFN4/c1-11-9-13(10-16(21)25-11)17-18(12-4-6-14(22)7-5-12)26-20(23)15-3-2-8-24-19(15)17/h2-10H,1H3,(H2,23,26). The van der Waals surface area contributed by atoms with Gasteiger partial charge in [-0.3, -0.25) is 4.98 Å². The van der Waals surface area contributed by atoms with Crippen LogP contribution in [-0.4, -0.2) is 15.0 Å². The van der Waals surface area contributed by atoms with Gasteiger partial charge < -0.3 is 5.73 Å². The second-order valence-corrected chi connectivity index (χ2v) is 6.33. The highest BCUT2D eigenvalue weighted by Gasteiger charge is 2.18. The Morgan fingerprint density at radius 1 is 1.00 bits per heavy atom. The number of fused-ring (bicyclic) bond motifs is 1. The second-order valence-electron chi connectivity index (χ2n) is 5.95. The van der Waals surface area contributed by atoms with E-state index in [0.717, 1.165) is 27.8 Å². The average molecular weight is 365 g/mol. The van der Waals surface area contributed by atoms with E-state index in [1.54, 1.807) is 24.4 Å². The van der Waals surface area contributed by atoms with Crippen LogP contribution >= 0.6 is 11.6 Å². The van der Waals surface area contributed by atoms with Crippen LogP contribution in [0.1, 0.15) is 5.69 Å². The molecule has 0 aliphatic heterocycles. The smallest absolute Gasteiger partial charge is 0.133 e. The van der Waals surface area contributed by atoms with Gasteiger partial charge in [-0.1, -0.05) is 11.6 Å². The lowest BCUT2D eigenvalue weighted by molar-refractivity contribution is 0.628. The molecule has 0 aliphatic rings. The van der Waals surface area contributed by atoms with Gasteiger partial charge >= 0.3 is 0 Å². The Morgan fingerprint density at radius 3 is 2.50 bits per heavy atom. The van der Waals surface area contributed by atoms with Crippen molar-refractivity contribution in [3.05, 3.63) is 71.4 Å². The van der Waals surface area contributed by atoms with E-state index in [1.165, 1.54) is 12.1 Å². The maximum absolute atomic E-state index is 13.4. The van der Waals surface area contributed by atoms with E-state index in [9.17, 15) is 4.39 Å². The van der Waals surface area contributed by atoms with Crippen molar-refractivity contribution in [2.45, 2.75) is 6.92 Å². The topological polar surface area (TPSA) is 64.7 Å². The predicted octanol–water partition coefficient (Wildman–Crippen LogP) is 5.04. The molecule has 128 valence electrons. The molecule has 0 radical (unpaired) electrons. The van der Waals surface area contributed by atoms with E-state index in [1.807, 2.05) is 25.1 Å². The highest BCUT2D eigenvalue weighted by atomic mass is 35.5. The minimum atomic E-state index is -0.315. The first-order chi connectivity index (χ1) is 12.5. The zero-order chi connectivity index (χ0) is 18.3. The Labute approximate surface area is 154 Å². The maximum atomic E-state index is 13.4. The van der Waals surface area contributed by atoms with Gasteiger partial charge in [0.15, 0.2) is 0 Å². The summed E-state index contributed by atoms with van der Waals surface area (Å²) in [6.45, 7) is 1.87. The molecule has 4 nitrogen and oxygen atoms in total. The molecule has 0 unspecified atom stereocenters. The SMILES string of the molecule is Cc1cc(-c2c(-c3ccc(F)cc3)nc(N)c3cccnc23)cc(Cl)n1. The Kier molecular flexibility index (Phi) is 4.01. The normalized spacial score (nSPS) is 11.0. The van der Waals surface area contributed by atoms with E-state index in [-0.39, 0.29) is 5.82 Å². The molecule has 4 aromatic rings. The molecule has 1 aromatic carbocycles. The number of pyridine rings is 3. The van der Waals surface area contributed by atoms with Crippen LogP contribution in [0.5, 0.6) is 0 Å². The van der Waals surface area contributed by atoms with E-state index in [0.29, 0.717) is 22.2 Å². The molecule has 0 saturated heterocycles.